The minimum absolute atomic E-state index is 0.0385. The first-order chi connectivity index (χ1) is 18.0. The molecule has 190 valence electrons. The Balaban J connectivity index is 1.65. The second-order valence-electron chi connectivity index (χ2n) is 9.18. The van der Waals surface area contributed by atoms with E-state index in [-0.39, 0.29) is 28.2 Å². The first-order valence-corrected chi connectivity index (χ1v) is 13.0. The Morgan fingerprint density at radius 2 is 1.73 bits per heavy atom. The summed E-state index contributed by atoms with van der Waals surface area (Å²) in [5.74, 6) is -1.64. The lowest BCUT2D eigenvalue weighted by Crippen LogP contribution is -2.47. The number of hydrogen-bond acceptors (Lipinski definition) is 6. The molecule has 9 nitrogen and oxygen atoms in total. The molecule has 0 spiro atoms. The molecule has 1 atom stereocenters. The molecule has 0 saturated heterocycles. The molecule has 1 saturated carbocycles. The fourth-order valence-corrected chi connectivity index (χ4v) is 5.70. The number of nitrogen functional groups attached to an aromatic ring is 1. The van der Waals surface area contributed by atoms with Crippen molar-refractivity contribution in [2.45, 2.75) is 44.2 Å². The molecule has 2 aromatic carbocycles. The van der Waals surface area contributed by atoms with Gasteiger partial charge < -0.3 is 21.8 Å². The minimum atomic E-state index is -1.01. The van der Waals surface area contributed by atoms with E-state index in [1.54, 1.807) is 30.5 Å². The number of primary amides is 1. The number of anilines is 2. The van der Waals surface area contributed by atoms with Crippen LogP contribution in [0.2, 0.25) is 0 Å². The molecule has 0 aliphatic heterocycles. The second-order valence-corrected chi connectivity index (χ2v) is 9.96. The molecule has 5 rings (SSSR count). The van der Waals surface area contributed by atoms with Gasteiger partial charge in [0.2, 0.25) is 5.91 Å². The first kappa shape index (κ1) is 24.5. The Morgan fingerprint density at radius 3 is 2.43 bits per heavy atom. The van der Waals surface area contributed by atoms with Crippen LogP contribution in [-0.4, -0.2) is 33.1 Å². The van der Waals surface area contributed by atoms with Crippen molar-refractivity contribution in [1.29, 1.82) is 0 Å². The lowest BCUT2D eigenvalue weighted by Gasteiger charge is -2.33. The van der Waals surface area contributed by atoms with Gasteiger partial charge in [-0.25, -0.2) is 0 Å². The van der Waals surface area contributed by atoms with Crippen molar-refractivity contribution in [3.05, 3.63) is 76.9 Å². The highest BCUT2D eigenvalue weighted by Crippen LogP contribution is 2.36. The average Bonchev–Trinajstić information content (AvgIpc) is 3.51. The monoisotopic (exact) mass is 516 g/mol. The van der Waals surface area contributed by atoms with Gasteiger partial charge in [0.25, 0.3) is 11.8 Å². The summed E-state index contributed by atoms with van der Waals surface area (Å²) in [6.07, 6.45) is 6.82. The second kappa shape index (κ2) is 10.4. The van der Waals surface area contributed by atoms with E-state index in [9.17, 15) is 14.4 Å². The van der Waals surface area contributed by atoms with Crippen molar-refractivity contribution in [2.75, 3.05) is 10.6 Å². The van der Waals surface area contributed by atoms with Crippen LogP contribution in [0.1, 0.15) is 63.9 Å². The minimum Gasteiger partial charge on any atom is -0.395 e. The van der Waals surface area contributed by atoms with E-state index in [2.05, 4.69) is 14.7 Å². The molecule has 6 N–H and O–H groups in total. The Hall–Kier alpha value is -4.18. The number of H-pyrrole nitrogens is 1. The molecular weight excluding hydrogens is 488 g/mol. The smallest absolute Gasteiger partial charge is 0.273 e. The number of rotatable bonds is 7. The standard InChI is InChI=1S/C27H28N6O3S/c28-21-22(25(29)34)32-37-24(21)27(36)33(17-11-5-2-6-12-17)23(26(35)31-16-9-3-1-4-10-16)19-15-30-20-14-8-7-13-18(19)20/h2,5-8,11-16,23,30H,1,3-4,9-10,28H2,(H2,29,34)(H,31,35)/t23-/m0/s1. The average molecular weight is 517 g/mol. The van der Waals surface area contributed by atoms with Gasteiger partial charge in [-0.1, -0.05) is 55.7 Å². The predicted molar refractivity (Wildman–Crippen MR) is 144 cm³/mol. The van der Waals surface area contributed by atoms with Crippen molar-refractivity contribution < 1.29 is 14.4 Å². The molecule has 1 fully saturated rings. The largest absolute Gasteiger partial charge is 0.395 e. The molecule has 2 aromatic heterocycles. The van der Waals surface area contributed by atoms with Gasteiger partial charge >= 0.3 is 0 Å². The lowest BCUT2D eigenvalue weighted by molar-refractivity contribution is -0.123. The van der Waals surface area contributed by atoms with E-state index < -0.39 is 17.9 Å². The van der Waals surface area contributed by atoms with Gasteiger partial charge in [-0.15, -0.1) is 0 Å². The summed E-state index contributed by atoms with van der Waals surface area (Å²) in [5.41, 5.74) is 13.3. The molecule has 10 heteroatoms. The molecular formula is C27H28N6O3S. The third-order valence-electron chi connectivity index (χ3n) is 6.78. The van der Waals surface area contributed by atoms with Gasteiger partial charge in [-0.05, 0) is 42.6 Å². The lowest BCUT2D eigenvalue weighted by atomic mass is 9.94. The summed E-state index contributed by atoms with van der Waals surface area (Å²) in [6, 6.07) is 15.6. The SMILES string of the molecule is NC(=O)c1nsc(C(=O)N(c2ccccc2)[C@H](C(=O)NC2CCCCC2)c2c[nH]c3ccccc23)c1N. The number of nitrogens with zero attached hydrogens (tertiary/aromatic N) is 2. The maximum atomic E-state index is 14.1. The number of hydrogen-bond donors (Lipinski definition) is 4. The van der Waals surface area contributed by atoms with E-state index in [1.807, 2.05) is 30.3 Å². The van der Waals surface area contributed by atoms with Gasteiger partial charge in [0.1, 0.15) is 10.9 Å². The normalized spacial score (nSPS) is 14.8. The Morgan fingerprint density at radius 1 is 1.03 bits per heavy atom. The molecule has 2 heterocycles. The highest BCUT2D eigenvalue weighted by atomic mass is 32.1. The quantitative estimate of drug-likeness (QED) is 0.291. The van der Waals surface area contributed by atoms with Crippen LogP contribution in [0.4, 0.5) is 11.4 Å². The number of nitrogens with one attached hydrogen (secondary N) is 2. The number of benzene rings is 2. The molecule has 0 bridgehead atoms. The van der Waals surface area contributed by atoms with Gasteiger partial charge in [0.15, 0.2) is 5.69 Å². The number of aromatic nitrogens is 2. The highest BCUT2D eigenvalue weighted by molar-refractivity contribution is 7.09. The molecule has 4 aromatic rings. The van der Waals surface area contributed by atoms with Crippen LogP contribution in [0.3, 0.4) is 0 Å². The van der Waals surface area contributed by atoms with E-state index in [1.165, 1.54) is 4.90 Å². The Bertz CT molecular complexity index is 1440. The summed E-state index contributed by atoms with van der Waals surface area (Å²) in [6.45, 7) is 0. The highest BCUT2D eigenvalue weighted by Gasteiger charge is 2.38. The van der Waals surface area contributed by atoms with Crippen LogP contribution >= 0.6 is 11.5 Å². The fourth-order valence-electron chi connectivity index (χ4n) is 4.96. The third kappa shape index (κ3) is 4.79. The van der Waals surface area contributed by atoms with Crippen molar-refractivity contribution >= 4 is 51.5 Å². The van der Waals surface area contributed by atoms with E-state index in [0.717, 1.165) is 54.5 Å². The molecule has 1 aliphatic rings. The number of para-hydroxylation sites is 2. The van der Waals surface area contributed by atoms with Crippen LogP contribution in [0.5, 0.6) is 0 Å². The summed E-state index contributed by atoms with van der Waals surface area (Å²) in [5, 5.41) is 4.03. The summed E-state index contributed by atoms with van der Waals surface area (Å²) >= 11 is 0.795. The van der Waals surface area contributed by atoms with Crippen molar-refractivity contribution in [3.8, 4) is 0 Å². The third-order valence-corrected chi connectivity index (χ3v) is 7.63. The van der Waals surface area contributed by atoms with Crippen molar-refractivity contribution in [3.63, 3.8) is 0 Å². The molecule has 0 radical (unpaired) electrons. The summed E-state index contributed by atoms with van der Waals surface area (Å²) < 4.78 is 4.01. The molecule has 37 heavy (non-hydrogen) atoms. The number of aromatic amines is 1. The number of nitrogens with two attached hydrogens (primary N) is 2. The van der Waals surface area contributed by atoms with Crippen molar-refractivity contribution in [1.82, 2.24) is 14.7 Å². The molecule has 3 amide bonds. The van der Waals surface area contributed by atoms with Gasteiger partial charge in [0.05, 0.1) is 5.69 Å². The van der Waals surface area contributed by atoms with Crippen LogP contribution in [0, 0.1) is 0 Å². The zero-order valence-corrected chi connectivity index (χ0v) is 21.0. The number of carbonyl (C=O) groups excluding carboxylic acids is 3. The Labute approximate surface area is 218 Å². The van der Waals surface area contributed by atoms with E-state index >= 15 is 0 Å². The van der Waals surface area contributed by atoms with Crippen LogP contribution in [0.25, 0.3) is 10.9 Å². The zero-order valence-electron chi connectivity index (χ0n) is 20.1. The predicted octanol–water partition coefficient (Wildman–Crippen LogP) is 4.14. The van der Waals surface area contributed by atoms with Crippen molar-refractivity contribution in [2.24, 2.45) is 5.73 Å². The zero-order chi connectivity index (χ0) is 25.9. The molecule has 1 aliphatic carbocycles. The van der Waals surface area contributed by atoms with Crippen LogP contribution in [0.15, 0.2) is 60.8 Å². The maximum absolute atomic E-state index is 14.1. The van der Waals surface area contributed by atoms with Gasteiger partial charge in [0, 0.05) is 34.4 Å². The maximum Gasteiger partial charge on any atom is 0.273 e. The van der Waals surface area contributed by atoms with E-state index in [0.29, 0.717) is 11.3 Å². The number of carbonyl (C=O) groups is 3. The Kier molecular flexibility index (Phi) is 6.91. The topological polar surface area (TPSA) is 147 Å². The fraction of sp³-hybridized carbons (Fsp3) is 0.259. The van der Waals surface area contributed by atoms with Crippen LogP contribution in [-0.2, 0) is 4.79 Å². The first-order valence-electron chi connectivity index (χ1n) is 12.3. The van der Waals surface area contributed by atoms with E-state index in [4.69, 9.17) is 11.5 Å². The van der Waals surface area contributed by atoms with Gasteiger partial charge in [-0.2, -0.15) is 4.37 Å². The molecule has 0 unspecified atom stereocenters. The summed E-state index contributed by atoms with van der Waals surface area (Å²) in [7, 11) is 0. The number of amides is 3. The van der Waals surface area contributed by atoms with Crippen LogP contribution < -0.4 is 21.7 Å². The number of fused-ring (bicyclic) bond motifs is 1. The summed E-state index contributed by atoms with van der Waals surface area (Å²) in [4.78, 5) is 44.7. The van der Waals surface area contributed by atoms with Gasteiger partial charge in [-0.3, -0.25) is 19.3 Å².